The fourth-order valence-corrected chi connectivity index (χ4v) is 8.93. The molecule has 2 saturated carbocycles. The van der Waals surface area contributed by atoms with Crippen molar-refractivity contribution >= 4 is 22.7 Å². The highest BCUT2D eigenvalue weighted by molar-refractivity contribution is 5.98. The molecule has 2 fully saturated rings. The molecule has 6 atom stereocenters. The molecule has 0 radical (unpaired) electrons. The summed E-state index contributed by atoms with van der Waals surface area (Å²) in [5.41, 5.74) is 4.52. The highest BCUT2D eigenvalue weighted by Crippen LogP contribution is 2.69. The van der Waals surface area contributed by atoms with Crippen LogP contribution in [0.5, 0.6) is 0 Å². The Morgan fingerprint density at radius 2 is 1.80 bits per heavy atom. The normalized spacial score (nSPS) is 34.2. The van der Waals surface area contributed by atoms with E-state index in [1.807, 2.05) is 33.8 Å². The second kappa shape index (κ2) is 10.1. The molecule has 2 unspecified atom stereocenters. The van der Waals surface area contributed by atoms with E-state index >= 15 is 0 Å². The number of hydrogen-bond acceptors (Lipinski definition) is 5. The number of fused-ring (bicyclic) bond motifs is 9. The van der Waals surface area contributed by atoms with Gasteiger partial charge < -0.3 is 19.6 Å². The Labute approximate surface area is 244 Å². The summed E-state index contributed by atoms with van der Waals surface area (Å²) in [7, 11) is 5.29. The van der Waals surface area contributed by atoms with E-state index < -0.39 is 17.4 Å². The number of H-pyrrole nitrogens is 1. The summed E-state index contributed by atoms with van der Waals surface area (Å²) in [6.45, 7) is 12.5. The lowest BCUT2D eigenvalue weighted by Crippen LogP contribution is -2.63. The van der Waals surface area contributed by atoms with Gasteiger partial charge in [-0.25, -0.2) is 0 Å². The number of ether oxygens (including phenoxy) is 2. The first-order valence-corrected chi connectivity index (χ1v) is 15.1. The first kappa shape index (κ1) is 30.0. The fourth-order valence-electron chi connectivity index (χ4n) is 8.93. The number of carbonyl (C=O) groups excluding carboxylic acids is 1. The van der Waals surface area contributed by atoms with E-state index in [1.165, 1.54) is 28.6 Å². The average Bonchev–Trinajstić information content (AvgIpc) is 3.39. The van der Waals surface area contributed by atoms with Crippen LogP contribution in [0.4, 0.5) is 0 Å². The van der Waals surface area contributed by atoms with Crippen LogP contribution in [0.1, 0.15) is 78.5 Å². The van der Waals surface area contributed by atoms with Crippen LogP contribution in [-0.2, 0) is 30.9 Å². The third-order valence-electron chi connectivity index (χ3n) is 11.2. The molecule has 6 rings (SSSR count). The Kier molecular flexibility index (Phi) is 7.36. The highest BCUT2D eigenvalue weighted by Gasteiger charge is 2.67. The number of benzene rings is 1. The number of carboxylic acids is 1. The molecule has 0 bridgehead atoms. The number of ketones is 1. The van der Waals surface area contributed by atoms with Gasteiger partial charge in [0.05, 0.1) is 0 Å². The van der Waals surface area contributed by atoms with Gasteiger partial charge in [0.25, 0.3) is 0 Å². The highest BCUT2D eigenvalue weighted by atomic mass is 16.7. The van der Waals surface area contributed by atoms with Gasteiger partial charge in [-0.3, -0.25) is 14.5 Å². The lowest BCUT2D eigenvalue weighted by Gasteiger charge is -2.63. The molecule has 224 valence electrons. The van der Waals surface area contributed by atoms with Crippen molar-refractivity contribution in [1.29, 1.82) is 0 Å². The number of aromatic nitrogens is 1. The number of nitrogens with zero attached hydrogens (tertiary/aromatic N) is 1. The molecule has 1 aromatic carbocycles. The lowest BCUT2D eigenvalue weighted by atomic mass is 9.44. The monoisotopic (exact) mass is 564 g/mol. The van der Waals surface area contributed by atoms with Crippen molar-refractivity contribution in [3.8, 4) is 0 Å². The SMILES string of the molecule is CC(C)C(C(=O)O)N(C)C.CO[C@]12CC[C@@]3(C)C(CC[C@H]4Cc5c([nH]c6ccccc56)[C@@]43C)C1=CC(=O)C(C)(C)O2. The Balaban J connectivity index is 0.000000292. The number of carboxylic acid groups (broad SMARTS) is 1. The van der Waals surface area contributed by atoms with E-state index in [9.17, 15) is 9.59 Å². The second-order valence-electron chi connectivity index (χ2n) is 14.2. The summed E-state index contributed by atoms with van der Waals surface area (Å²) in [4.78, 5) is 29.1. The molecule has 1 aromatic heterocycles. The molecule has 7 nitrogen and oxygen atoms in total. The number of likely N-dealkylation sites (N-methyl/N-ethyl adjacent to an activating group) is 1. The van der Waals surface area contributed by atoms with Crippen molar-refractivity contribution in [3.63, 3.8) is 0 Å². The van der Waals surface area contributed by atoms with Gasteiger partial charge in [0, 0.05) is 35.5 Å². The van der Waals surface area contributed by atoms with E-state index in [4.69, 9.17) is 14.6 Å². The summed E-state index contributed by atoms with van der Waals surface area (Å²) < 4.78 is 12.5. The van der Waals surface area contributed by atoms with Crippen molar-refractivity contribution in [1.82, 2.24) is 9.88 Å². The number of rotatable bonds is 4. The van der Waals surface area contributed by atoms with Gasteiger partial charge in [-0.2, -0.15) is 0 Å². The van der Waals surface area contributed by atoms with E-state index in [0.717, 1.165) is 31.3 Å². The number of hydrogen-bond donors (Lipinski definition) is 2. The van der Waals surface area contributed by atoms with Crippen molar-refractivity contribution in [2.24, 2.45) is 23.2 Å². The van der Waals surface area contributed by atoms with Crippen LogP contribution >= 0.6 is 0 Å². The Morgan fingerprint density at radius 1 is 1.12 bits per heavy atom. The van der Waals surface area contributed by atoms with Gasteiger partial charge in [-0.05, 0) is 100 Å². The van der Waals surface area contributed by atoms with Crippen molar-refractivity contribution < 1.29 is 24.2 Å². The first-order chi connectivity index (χ1) is 19.1. The minimum atomic E-state index is -0.841. The van der Waals surface area contributed by atoms with Gasteiger partial charge in [0.15, 0.2) is 11.6 Å². The van der Waals surface area contributed by atoms with Crippen LogP contribution in [-0.4, -0.2) is 65.4 Å². The van der Waals surface area contributed by atoms with Gasteiger partial charge in [-0.1, -0.05) is 45.9 Å². The third kappa shape index (κ3) is 4.33. The van der Waals surface area contributed by atoms with E-state index in [-0.39, 0.29) is 34.5 Å². The Morgan fingerprint density at radius 3 is 2.39 bits per heavy atom. The lowest BCUT2D eigenvalue weighted by molar-refractivity contribution is -0.273. The molecule has 2 heterocycles. The van der Waals surface area contributed by atoms with E-state index in [2.05, 4.69) is 43.1 Å². The average molecular weight is 565 g/mol. The fraction of sp³-hybridized carbons (Fsp3) is 0.647. The minimum Gasteiger partial charge on any atom is -0.480 e. The van der Waals surface area contributed by atoms with Crippen LogP contribution < -0.4 is 0 Å². The number of aromatic amines is 1. The maximum atomic E-state index is 13.0. The van der Waals surface area contributed by atoms with Gasteiger partial charge in [-0.15, -0.1) is 0 Å². The van der Waals surface area contributed by atoms with Crippen LogP contribution in [0.25, 0.3) is 10.9 Å². The van der Waals surface area contributed by atoms with Gasteiger partial charge >= 0.3 is 5.97 Å². The van der Waals surface area contributed by atoms with Crippen LogP contribution in [0.3, 0.4) is 0 Å². The molecular weight excluding hydrogens is 516 g/mol. The third-order valence-corrected chi connectivity index (χ3v) is 11.2. The molecule has 7 heteroatoms. The molecule has 0 saturated heterocycles. The maximum absolute atomic E-state index is 13.0. The summed E-state index contributed by atoms with van der Waals surface area (Å²) in [6.07, 6.45) is 7.11. The molecule has 1 aliphatic heterocycles. The molecule has 3 aliphatic carbocycles. The van der Waals surface area contributed by atoms with Gasteiger partial charge in [0.1, 0.15) is 11.6 Å². The molecule has 2 N–H and O–H groups in total. The van der Waals surface area contributed by atoms with E-state index in [0.29, 0.717) is 5.92 Å². The summed E-state index contributed by atoms with van der Waals surface area (Å²) >= 11 is 0. The maximum Gasteiger partial charge on any atom is 0.321 e. The zero-order chi connectivity index (χ0) is 30.1. The number of para-hydroxylation sites is 1. The molecular formula is C34H48N2O5. The number of methoxy groups -OCH3 is 1. The Hall–Kier alpha value is -2.48. The molecule has 0 spiro atoms. The number of nitrogens with one attached hydrogen (secondary N) is 1. The number of aliphatic carboxylic acids is 1. The van der Waals surface area contributed by atoms with Gasteiger partial charge in [0.2, 0.25) is 0 Å². The van der Waals surface area contributed by atoms with Crippen molar-refractivity contribution in [2.75, 3.05) is 21.2 Å². The quantitative estimate of drug-likeness (QED) is 0.465. The summed E-state index contributed by atoms with van der Waals surface area (Å²) in [5.74, 6) is -0.393. The van der Waals surface area contributed by atoms with Crippen molar-refractivity contribution in [3.05, 3.63) is 47.2 Å². The Bertz CT molecular complexity index is 1380. The predicted octanol–water partition coefficient (Wildman–Crippen LogP) is 6.11. The minimum absolute atomic E-state index is 0.0427. The molecule has 41 heavy (non-hydrogen) atoms. The summed E-state index contributed by atoms with van der Waals surface area (Å²) in [5, 5.41) is 10.1. The van der Waals surface area contributed by atoms with Crippen molar-refractivity contribution in [2.45, 2.75) is 96.5 Å². The zero-order valence-corrected chi connectivity index (χ0v) is 26.3. The largest absolute Gasteiger partial charge is 0.480 e. The zero-order valence-electron chi connectivity index (χ0n) is 26.3. The van der Waals surface area contributed by atoms with Crippen LogP contribution in [0, 0.1) is 23.2 Å². The van der Waals surface area contributed by atoms with E-state index in [1.54, 1.807) is 26.1 Å². The molecule has 0 amide bonds. The molecule has 2 aromatic rings. The number of carbonyl (C=O) groups is 2. The standard InChI is InChI=1S/C27H33NO3.C7H15NO2/c1-24(2)22(29)15-20-19-11-10-16-14-18-17-8-6-7-9-21(17)28-23(18)26(16,4)25(19,3)12-13-27(20,30-5)31-24;1-5(2)6(7(9)10)8(3)4/h6-9,15-16,19,28H,10-14H2,1-5H3;5-6H,1-4H3,(H,9,10)/t16-,19?,25-,26+,27-;/m0./s1. The summed E-state index contributed by atoms with van der Waals surface area (Å²) in [6, 6.07) is 8.37. The predicted molar refractivity (Wildman–Crippen MR) is 161 cm³/mol. The first-order valence-electron chi connectivity index (χ1n) is 15.1. The van der Waals surface area contributed by atoms with Crippen LogP contribution in [0.15, 0.2) is 35.9 Å². The topological polar surface area (TPSA) is 91.9 Å². The van der Waals surface area contributed by atoms with Crippen LogP contribution in [0.2, 0.25) is 0 Å². The smallest absolute Gasteiger partial charge is 0.321 e. The second-order valence-corrected chi connectivity index (χ2v) is 14.2. The molecule has 4 aliphatic rings.